The molecule has 0 spiro atoms. The number of halogens is 3. The van der Waals surface area contributed by atoms with E-state index in [1.807, 2.05) is 0 Å². The Bertz CT molecular complexity index is 250. The summed E-state index contributed by atoms with van der Waals surface area (Å²) in [5.74, 6) is 0. The summed E-state index contributed by atoms with van der Waals surface area (Å²) in [5.41, 5.74) is 0.405. The van der Waals surface area contributed by atoms with Crippen LogP contribution in [0.4, 0.5) is 13.2 Å². The number of hydrogen-bond donors (Lipinski definition) is 0. The molecule has 0 amide bonds. The van der Waals surface area contributed by atoms with Gasteiger partial charge in [-0.2, -0.15) is 0 Å². The van der Waals surface area contributed by atoms with E-state index >= 15 is 0 Å². The van der Waals surface area contributed by atoms with Crippen LogP contribution in [0.25, 0.3) is 0 Å². The van der Waals surface area contributed by atoms with Crippen LogP contribution in [-0.4, -0.2) is 0 Å². The summed E-state index contributed by atoms with van der Waals surface area (Å²) in [6.45, 7) is 0. The second-order valence-electron chi connectivity index (χ2n) is 2.44. The SMILES string of the molecule is FC(F)(F)c1ccc([CH2][Zn])cc1. The van der Waals surface area contributed by atoms with Gasteiger partial charge in [0.05, 0.1) is 0 Å². The van der Waals surface area contributed by atoms with Crippen molar-refractivity contribution in [1.29, 1.82) is 0 Å². The van der Waals surface area contributed by atoms with Crippen molar-refractivity contribution in [1.82, 2.24) is 0 Å². The van der Waals surface area contributed by atoms with Gasteiger partial charge in [-0.3, -0.25) is 0 Å². The van der Waals surface area contributed by atoms with Gasteiger partial charge in [-0.15, -0.1) is 0 Å². The van der Waals surface area contributed by atoms with E-state index in [1.165, 1.54) is 12.1 Å². The Morgan fingerprint density at radius 1 is 1.08 bits per heavy atom. The van der Waals surface area contributed by atoms with Gasteiger partial charge >= 0.3 is 78.1 Å². The zero-order chi connectivity index (χ0) is 9.19. The van der Waals surface area contributed by atoms with E-state index < -0.39 is 11.7 Å². The first-order valence-electron chi connectivity index (χ1n) is 3.49. The quantitative estimate of drug-likeness (QED) is 0.644. The zero-order valence-corrected chi connectivity index (χ0v) is 9.32. The Morgan fingerprint density at radius 3 is 1.92 bits per heavy atom. The summed E-state index contributed by atoms with van der Waals surface area (Å²) in [4.78, 5) is 0. The fourth-order valence-electron chi connectivity index (χ4n) is 0.860. The van der Waals surface area contributed by atoms with Crippen LogP contribution in [0, 0.1) is 0 Å². The van der Waals surface area contributed by atoms with E-state index in [1.54, 1.807) is 0 Å². The van der Waals surface area contributed by atoms with Crippen LogP contribution in [0.1, 0.15) is 11.1 Å². The molecular weight excluding hydrogens is 218 g/mol. The summed E-state index contributed by atoms with van der Waals surface area (Å²) in [6.07, 6.45) is -4.21. The van der Waals surface area contributed by atoms with Crippen molar-refractivity contribution in [3.8, 4) is 0 Å². The fraction of sp³-hybridized carbons (Fsp3) is 0.250. The average Bonchev–Trinajstić information content (AvgIpc) is 2.03. The molecule has 0 atom stereocenters. The summed E-state index contributed by atoms with van der Waals surface area (Å²) in [5, 5.41) is 0.887. The first-order chi connectivity index (χ1) is 5.54. The summed E-state index contributed by atoms with van der Waals surface area (Å²) in [7, 11) is 0. The second kappa shape index (κ2) is 3.57. The molecule has 61 valence electrons. The number of hydrogen-bond acceptors (Lipinski definition) is 0. The molecule has 0 fully saturated rings. The van der Waals surface area contributed by atoms with Crippen molar-refractivity contribution < 1.29 is 31.5 Å². The molecule has 0 bridgehead atoms. The standard InChI is InChI=1S/C8H6F3.Zn/c1-6-2-4-7(5-3-6)8(9,10)11;/h2-5H,1H2;. The number of rotatable bonds is 1. The van der Waals surface area contributed by atoms with E-state index in [-0.39, 0.29) is 0 Å². The van der Waals surface area contributed by atoms with Crippen molar-refractivity contribution in [2.24, 2.45) is 0 Å². The minimum atomic E-state index is -4.21. The third kappa shape index (κ3) is 2.31. The number of alkyl halides is 3. The molecule has 0 aliphatic carbocycles. The van der Waals surface area contributed by atoms with Crippen molar-refractivity contribution in [2.45, 2.75) is 11.2 Å². The third-order valence-corrected chi connectivity index (χ3v) is 2.78. The Morgan fingerprint density at radius 2 is 1.58 bits per heavy atom. The maximum atomic E-state index is 12.0. The van der Waals surface area contributed by atoms with Crippen molar-refractivity contribution in [3.05, 3.63) is 35.4 Å². The maximum absolute atomic E-state index is 12.0. The first-order valence-corrected chi connectivity index (χ1v) is 5.59. The minimum absolute atomic E-state index is 0.570. The summed E-state index contributed by atoms with van der Waals surface area (Å²) >= 11 is 1.07. The van der Waals surface area contributed by atoms with Gasteiger partial charge < -0.3 is 0 Å². The third-order valence-electron chi connectivity index (χ3n) is 1.57. The van der Waals surface area contributed by atoms with E-state index in [0.717, 1.165) is 41.0 Å². The molecule has 0 heterocycles. The van der Waals surface area contributed by atoms with Crippen molar-refractivity contribution in [3.63, 3.8) is 0 Å². The van der Waals surface area contributed by atoms with E-state index in [9.17, 15) is 13.2 Å². The van der Waals surface area contributed by atoms with Crippen LogP contribution in [0.15, 0.2) is 24.3 Å². The monoisotopic (exact) mass is 223 g/mol. The zero-order valence-electron chi connectivity index (χ0n) is 6.36. The van der Waals surface area contributed by atoms with Crippen molar-refractivity contribution in [2.75, 3.05) is 0 Å². The van der Waals surface area contributed by atoms with E-state index in [4.69, 9.17) is 0 Å². The molecule has 0 aliphatic rings. The Labute approximate surface area is 78.5 Å². The van der Waals surface area contributed by atoms with Crippen LogP contribution in [0.3, 0.4) is 0 Å². The molecule has 0 nitrogen and oxygen atoms in total. The van der Waals surface area contributed by atoms with Gasteiger partial charge in [-0.05, 0) is 0 Å². The van der Waals surface area contributed by atoms with Gasteiger partial charge in [0.25, 0.3) is 0 Å². The molecule has 1 aromatic rings. The average molecular weight is 225 g/mol. The van der Waals surface area contributed by atoms with Gasteiger partial charge in [-0.1, -0.05) is 0 Å². The summed E-state index contributed by atoms with van der Waals surface area (Å²) in [6, 6.07) is 5.33. The molecule has 12 heavy (non-hydrogen) atoms. The molecule has 0 N–H and O–H groups in total. The summed E-state index contributed by atoms with van der Waals surface area (Å²) < 4.78 is 36.1. The predicted molar refractivity (Wildman–Crippen MR) is 35.1 cm³/mol. The molecule has 0 aliphatic heterocycles. The number of benzene rings is 1. The van der Waals surface area contributed by atoms with E-state index in [0.29, 0.717) is 0 Å². The Balaban J connectivity index is 2.93. The van der Waals surface area contributed by atoms with Crippen molar-refractivity contribution >= 4 is 0 Å². The van der Waals surface area contributed by atoms with Gasteiger partial charge in [-0.25, -0.2) is 0 Å². The molecular formula is C8H6F3Zn. The van der Waals surface area contributed by atoms with Crippen LogP contribution >= 0.6 is 0 Å². The molecule has 0 aromatic heterocycles. The molecule has 0 saturated carbocycles. The van der Waals surface area contributed by atoms with Crippen LogP contribution < -0.4 is 0 Å². The van der Waals surface area contributed by atoms with Gasteiger partial charge in [0, 0.05) is 0 Å². The molecule has 0 unspecified atom stereocenters. The second-order valence-corrected chi connectivity index (χ2v) is 3.49. The molecule has 0 radical (unpaired) electrons. The fourth-order valence-corrected chi connectivity index (χ4v) is 1.56. The molecule has 1 aromatic carbocycles. The molecule has 0 saturated heterocycles. The van der Waals surface area contributed by atoms with Gasteiger partial charge in [0.2, 0.25) is 0 Å². The van der Waals surface area contributed by atoms with E-state index in [2.05, 4.69) is 0 Å². The Hall–Kier alpha value is -0.367. The van der Waals surface area contributed by atoms with Crippen LogP contribution in [0.2, 0.25) is 0 Å². The van der Waals surface area contributed by atoms with Crippen LogP contribution in [-0.2, 0) is 29.5 Å². The molecule has 4 heteroatoms. The van der Waals surface area contributed by atoms with Gasteiger partial charge in [0.15, 0.2) is 0 Å². The van der Waals surface area contributed by atoms with Gasteiger partial charge in [0.1, 0.15) is 0 Å². The first kappa shape index (κ1) is 9.72. The molecule has 1 rings (SSSR count). The predicted octanol–water partition coefficient (Wildman–Crippen LogP) is 2.75. The normalized spacial score (nSPS) is 11.8. The van der Waals surface area contributed by atoms with Crippen LogP contribution in [0.5, 0.6) is 0 Å². The Kier molecular flexibility index (Phi) is 2.89. The topological polar surface area (TPSA) is 0 Å².